The Morgan fingerprint density at radius 3 is 2.42 bits per heavy atom. The average molecular weight is 430 g/mol. The molecule has 0 spiro atoms. The molecule has 0 radical (unpaired) electrons. The van der Waals surface area contributed by atoms with E-state index in [1.807, 2.05) is 60.7 Å². The van der Waals surface area contributed by atoms with Gasteiger partial charge in [0.05, 0.1) is 11.9 Å². The second-order valence-corrected chi connectivity index (χ2v) is 6.44. The van der Waals surface area contributed by atoms with Gasteiger partial charge in [0, 0.05) is 21.7 Å². The number of aliphatic imine (C=N–C) groups is 1. The molecule has 3 aromatic rings. The topological polar surface area (TPSA) is 54.6 Å². The third-order valence-electron chi connectivity index (χ3n) is 3.28. The molecule has 0 saturated carbocycles. The lowest BCUT2D eigenvalue weighted by Gasteiger charge is -2.01. The zero-order valence-corrected chi connectivity index (χ0v) is 15.2. The van der Waals surface area contributed by atoms with Gasteiger partial charge in [-0.05, 0) is 71.1 Å². The summed E-state index contributed by atoms with van der Waals surface area (Å²) < 4.78 is 6.99. The van der Waals surface area contributed by atoms with Gasteiger partial charge in [0.2, 0.25) is 5.91 Å². The van der Waals surface area contributed by atoms with Gasteiger partial charge in [-0.25, -0.2) is 0 Å². The number of carbonyl (C=O) groups excluding carboxylic acids is 1. The maximum atomic E-state index is 11.0. The van der Waals surface area contributed by atoms with Crippen molar-refractivity contribution in [2.45, 2.75) is 6.92 Å². The lowest BCUT2D eigenvalue weighted by atomic mass is 10.2. The Bertz CT molecular complexity index is 865. The fraction of sp³-hybridized carbons (Fsp3) is 0.0526. The Labute approximate surface area is 153 Å². The summed E-state index contributed by atoms with van der Waals surface area (Å²) in [7, 11) is 0. The highest BCUT2D eigenvalue weighted by molar-refractivity contribution is 14.1. The van der Waals surface area contributed by atoms with Crippen molar-refractivity contribution >= 4 is 46.1 Å². The molecular weight excluding hydrogens is 415 g/mol. The van der Waals surface area contributed by atoms with Crippen molar-refractivity contribution in [3.8, 4) is 11.3 Å². The Morgan fingerprint density at radius 1 is 1.04 bits per heavy atom. The molecule has 0 aliphatic heterocycles. The Hall–Kier alpha value is -2.41. The van der Waals surface area contributed by atoms with Crippen LogP contribution in [-0.2, 0) is 4.79 Å². The molecular formula is C19H15IN2O2. The zero-order valence-electron chi connectivity index (χ0n) is 13.0. The number of carbonyl (C=O) groups is 1. The first-order valence-corrected chi connectivity index (χ1v) is 8.45. The van der Waals surface area contributed by atoms with E-state index < -0.39 is 0 Å². The number of rotatable bonds is 4. The van der Waals surface area contributed by atoms with Gasteiger partial charge in [-0.2, -0.15) is 0 Å². The van der Waals surface area contributed by atoms with E-state index in [-0.39, 0.29) is 5.91 Å². The summed E-state index contributed by atoms with van der Waals surface area (Å²) in [6.45, 7) is 1.48. The lowest BCUT2D eigenvalue weighted by molar-refractivity contribution is -0.114. The van der Waals surface area contributed by atoms with E-state index >= 15 is 0 Å². The van der Waals surface area contributed by atoms with Gasteiger partial charge < -0.3 is 9.73 Å². The Kier molecular flexibility index (Phi) is 5.10. The number of nitrogens with zero attached hydrogens (tertiary/aromatic N) is 1. The third kappa shape index (κ3) is 4.32. The van der Waals surface area contributed by atoms with Gasteiger partial charge in [0.15, 0.2) is 0 Å². The van der Waals surface area contributed by atoms with Crippen LogP contribution in [0.4, 0.5) is 11.4 Å². The minimum atomic E-state index is -0.0926. The summed E-state index contributed by atoms with van der Waals surface area (Å²) in [6.07, 6.45) is 1.68. The molecule has 0 aliphatic rings. The Morgan fingerprint density at radius 2 is 1.75 bits per heavy atom. The van der Waals surface area contributed by atoms with Gasteiger partial charge in [-0.3, -0.25) is 9.79 Å². The molecule has 1 N–H and O–H groups in total. The van der Waals surface area contributed by atoms with Gasteiger partial charge in [-0.15, -0.1) is 0 Å². The summed E-state index contributed by atoms with van der Waals surface area (Å²) in [5.74, 6) is 1.41. The van der Waals surface area contributed by atoms with E-state index in [9.17, 15) is 4.79 Å². The van der Waals surface area contributed by atoms with Crippen molar-refractivity contribution in [3.63, 3.8) is 0 Å². The quantitative estimate of drug-likeness (QED) is 0.454. The van der Waals surface area contributed by atoms with Crippen molar-refractivity contribution in [2.24, 2.45) is 4.99 Å². The van der Waals surface area contributed by atoms with Crippen LogP contribution >= 0.6 is 22.6 Å². The van der Waals surface area contributed by atoms with Crippen molar-refractivity contribution < 1.29 is 9.21 Å². The highest BCUT2D eigenvalue weighted by atomic mass is 127. The van der Waals surface area contributed by atoms with Crippen LogP contribution in [0.3, 0.4) is 0 Å². The predicted octanol–water partition coefficient (Wildman–Crippen LogP) is 5.26. The predicted molar refractivity (Wildman–Crippen MR) is 105 cm³/mol. The molecule has 120 valence electrons. The average Bonchev–Trinajstić information content (AvgIpc) is 3.03. The van der Waals surface area contributed by atoms with E-state index in [0.717, 1.165) is 22.7 Å². The maximum Gasteiger partial charge on any atom is 0.221 e. The van der Waals surface area contributed by atoms with E-state index in [1.54, 1.807) is 6.21 Å². The SMILES string of the molecule is CC(=O)Nc1ccc(N=Cc2ccc(-c3ccc(I)cc3)o2)cc1. The molecule has 0 bridgehead atoms. The molecule has 1 amide bonds. The number of hydrogen-bond acceptors (Lipinski definition) is 3. The van der Waals surface area contributed by atoms with Crippen molar-refractivity contribution in [1.82, 2.24) is 0 Å². The molecule has 24 heavy (non-hydrogen) atoms. The molecule has 0 fully saturated rings. The van der Waals surface area contributed by atoms with Crippen molar-refractivity contribution in [2.75, 3.05) is 5.32 Å². The molecule has 3 rings (SSSR count). The first kappa shape index (κ1) is 16.4. The van der Waals surface area contributed by atoms with E-state index in [4.69, 9.17) is 4.42 Å². The monoisotopic (exact) mass is 430 g/mol. The van der Waals surface area contributed by atoms with E-state index in [0.29, 0.717) is 5.76 Å². The standard InChI is InChI=1S/C19H15IN2O2/c1-13(23)22-17-8-6-16(7-9-17)21-12-18-10-11-19(24-18)14-2-4-15(20)5-3-14/h2-12H,1H3,(H,22,23). The second-order valence-electron chi connectivity index (χ2n) is 5.20. The molecule has 0 unspecified atom stereocenters. The normalized spacial score (nSPS) is 10.9. The van der Waals surface area contributed by atoms with Crippen LogP contribution in [0, 0.1) is 3.57 Å². The molecule has 0 aliphatic carbocycles. The number of furan rings is 1. The summed E-state index contributed by atoms with van der Waals surface area (Å²) in [5.41, 5.74) is 2.58. The summed E-state index contributed by atoms with van der Waals surface area (Å²) in [5, 5.41) is 2.72. The minimum Gasteiger partial charge on any atom is -0.455 e. The molecule has 0 atom stereocenters. The maximum absolute atomic E-state index is 11.0. The molecule has 4 nitrogen and oxygen atoms in total. The van der Waals surface area contributed by atoms with Crippen molar-refractivity contribution in [1.29, 1.82) is 0 Å². The summed E-state index contributed by atoms with van der Waals surface area (Å²) in [4.78, 5) is 15.4. The Balaban J connectivity index is 1.71. The number of nitrogens with one attached hydrogen (secondary N) is 1. The van der Waals surface area contributed by atoms with Gasteiger partial charge in [0.25, 0.3) is 0 Å². The molecule has 1 heterocycles. The highest BCUT2D eigenvalue weighted by Crippen LogP contribution is 2.23. The summed E-state index contributed by atoms with van der Waals surface area (Å²) in [6, 6.07) is 19.3. The van der Waals surface area contributed by atoms with Gasteiger partial charge >= 0.3 is 0 Å². The first-order valence-electron chi connectivity index (χ1n) is 7.38. The van der Waals surface area contributed by atoms with Crippen LogP contribution in [0.5, 0.6) is 0 Å². The van der Waals surface area contributed by atoms with E-state index in [2.05, 4.69) is 32.9 Å². The molecule has 2 aromatic carbocycles. The van der Waals surface area contributed by atoms with Crippen molar-refractivity contribution in [3.05, 3.63) is 70.0 Å². The second kappa shape index (κ2) is 7.44. The van der Waals surface area contributed by atoms with Gasteiger partial charge in [-0.1, -0.05) is 12.1 Å². The lowest BCUT2D eigenvalue weighted by Crippen LogP contribution is -2.04. The van der Waals surface area contributed by atoms with Crippen LogP contribution in [0.1, 0.15) is 12.7 Å². The summed E-state index contributed by atoms with van der Waals surface area (Å²) >= 11 is 2.27. The van der Waals surface area contributed by atoms with Crippen LogP contribution in [0.2, 0.25) is 0 Å². The molecule has 1 aromatic heterocycles. The fourth-order valence-corrected chi connectivity index (χ4v) is 2.52. The minimum absolute atomic E-state index is 0.0926. The number of amides is 1. The number of anilines is 1. The number of benzene rings is 2. The largest absolute Gasteiger partial charge is 0.455 e. The molecule has 5 heteroatoms. The smallest absolute Gasteiger partial charge is 0.221 e. The van der Waals surface area contributed by atoms with Crippen LogP contribution in [0.25, 0.3) is 11.3 Å². The third-order valence-corrected chi connectivity index (χ3v) is 4.00. The van der Waals surface area contributed by atoms with Crippen LogP contribution in [0.15, 0.2) is 70.1 Å². The zero-order chi connectivity index (χ0) is 16.9. The number of hydrogen-bond donors (Lipinski definition) is 1. The van der Waals surface area contributed by atoms with Crippen LogP contribution < -0.4 is 5.32 Å². The van der Waals surface area contributed by atoms with Gasteiger partial charge in [0.1, 0.15) is 11.5 Å². The number of halogens is 1. The fourth-order valence-electron chi connectivity index (χ4n) is 2.16. The van der Waals surface area contributed by atoms with Crippen LogP contribution in [-0.4, -0.2) is 12.1 Å². The highest BCUT2D eigenvalue weighted by Gasteiger charge is 2.03. The molecule has 0 saturated heterocycles. The van der Waals surface area contributed by atoms with E-state index in [1.165, 1.54) is 10.5 Å². The first-order chi connectivity index (χ1) is 11.6.